The standard InChI is InChI=1S/C32H12BF24.C19H19N2O/c34-25(35,36)13-1-14(26(37,38)39)6-21(5-13)33(22-7-15(27(40,41)42)2-16(8-22)28(43,44)45,23-9-17(29(46,47)48)3-18(10-23)30(49,50)51)24-11-19(31(52,53)54)4-20(12-24)32(55,56)57;1-15-7-6-10-18(16(15)2)22-19-13-20-11-12-21(19)14-17-8-4-3-5-9-17/h1-12H;3-13H,14H2,1-2H3/q-1;+1. The highest BCUT2D eigenvalue weighted by Gasteiger charge is 2.47. The lowest BCUT2D eigenvalue weighted by molar-refractivity contribution is -0.692. The van der Waals surface area contributed by atoms with Crippen molar-refractivity contribution in [2.75, 3.05) is 0 Å². The summed E-state index contributed by atoms with van der Waals surface area (Å²) in [4.78, 5) is 4.19. The van der Waals surface area contributed by atoms with Crippen LogP contribution in [0.3, 0.4) is 0 Å². The maximum atomic E-state index is 14.2. The van der Waals surface area contributed by atoms with Crippen molar-refractivity contribution in [2.45, 2.75) is 69.8 Å². The van der Waals surface area contributed by atoms with Crippen LogP contribution in [0.2, 0.25) is 0 Å². The van der Waals surface area contributed by atoms with E-state index in [-0.39, 0.29) is 0 Å². The molecule has 0 aliphatic rings. The van der Waals surface area contributed by atoms with E-state index in [1.165, 1.54) is 11.1 Å². The van der Waals surface area contributed by atoms with Crippen LogP contribution in [0.25, 0.3) is 0 Å². The Balaban J connectivity index is 0.000000378. The highest BCUT2D eigenvalue weighted by Crippen LogP contribution is 2.41. The number of hydrogen-bond donors (Lipinski definition) is 0. The summed E-state index contributed by atoms with van der Waals surface area (Å²) >= 11 is 0. The van der Waals surface area contributed by atoms with Crippen LogP contribution in [0.5, 0.6) is 11.6 Å². The van der Waals surface area contributed by atoms with Crippen LogP contribution in [0.15, 0.2) is 140 Å². The zero-order valence-electron chi connectivity index (χ0n) is 39.4. The van der Waals surface area contributed by atoms with Gasteiger partial charge in [-0.05, 0) is 55.3 Å². The van der Waals surface area contributed by atoms with Crippen LogP contribution in [0.4, 0.5) is 105 Å². The summed E-state index contributed by atoms with van der Waals surface area (Å²) in [7, 11) is 0. The molecule has 0 unspecified atom stereocenters. The number of rotatable bonds is 8. The molecule has 0 saturated heterocycles. The van der Waals surface area contributed by atoms with Crippen molar-refractivity contribution in [3.63, 3.8) is 0 Å². The zero-order valence-corrected chi connectivity index (χ0v) is 39.4. The Kier molecular flexibility index (Phi) is 16.4. The Morgan fingerprint density at radius 1 is 0.392 bits per heavy atom. The molecule has 7 aromatic rings. The predicted octanol–water partition coefficient (Wildman–Crippen LogP) is 15.0. The predicted molar refractivity (Wildman–Crippen MR) is 236 cm³/mol. The molecule has 28 heteroatoms. The Morgan fingerprint density at radius 2 is 0.696 bits per heavy atom. The fourth-order valence-electron chi connectivity index (χ4n) is 8.39. The number of nitrogens with zero attached hydrogens (tertiary/aromatic N) is 2. The van der Waals surface area contributed by atoms with E-state index in [0.717, 1.165) is 23.7 Å². The van der Waals surface area contributed by atoms with E-state index in [0.29, 0.717) is 0 Å². The van der Waals surface area contributed by atoms with E-state index >= 15 is 0 Å². The Bertz CT molecular complexity index is 2880. The summed E-state index contributed by atoms with van der Waals surface area (Å²) < 4.78 is 349. The van der Waals surface area contributed by atoms with Crippen LogP contribution in [0, 0.1) is 13.8 Å². The first kappa shape index (κ1) is 60.8. The number of aromatic nitrogens is 2. The molecule has 0 N–H and O–H groups in total. The lowest BCUT2D eigenvalue weighted by Crippen LogP contribution is -2.75. The molecule has 0 aliphatic heterocycles. The third-order valence-electron chi connectivity index (χ3n) is 12.2. The first-order valence-electron chi connectivity index (χ1n) is 22.0. The molecule has 1 heterocycles. The van der Waals surface area contributed by atoms with Crippen LogP contribution in [-0.2, 0) is 56.0 Å². The van der Waals surface area contributed by atoms with E-state index < -0.39 is 195 Å². The van der Waals surface area contributed by atoms with Gasteiger partial charge < -0.3 is 4.74 Å². The first-order valence-corrected chi connectivity index (χ1v) is 22.0. The molecular weight excluding hydrogens is 1120 g/mol. The average molecular weight is 1150 g/mol. The highest BCUT2D eigenvalue weighted by molar-refractivity contribution is 7.20. The highest BCUT2D eigenvalue weighted by atomic mass is 19.4. The number of halogens is 24. The summed E-state index contributed by atoms with van der Waals surface area (Å²) in [6, 6.07) is 7.60. The summed E-state index contributed by atoms with van der Waals surface area (Å²) in [5, 5.41) is 0. The van der Waals surface area contributed by atoms with Gasteiger partial charge in [-0.3, -0.25) is 0 Å². The van der Waals surface area contributed by atoms with Crippen LogP contribution in [0.1, 0.15) is 61.2 Å². The molecule has 0 saturated carbocycles. The van der Waals surface area contributed by atoms with Crippen LogP contribution < -0.4 is 31.2 Å². The van der Waals surface area contributed by atoms with Gasteiger partial charge in [0.05, 0.1) is 50.7 Å². The normalized spacial score (nSPS) is 13.2. The maximum Gasteiger partial charge on any atom is 0.416 e. The van der Waals surface area contributed by atoms with Crippen LogP contribution >= 0.6 is 0 Å². The molecule has 0 fully saturated rings. The second kappa shape index (κ2) is 21.3. The van der Waals surface area contributed by atoms with Gasteiger partial charge in [-0.15, -0.1) is 0 Å². The minimum Gasteiger partial charge on any atom is -0.404 e. The number of alkyl halides is 24. The monoisotopic (exact) mass is 1150 g/mol. The average Bonchev–Trinajstić information content (AvgIpc) is 3.53. The van der Waals surface area contributed by atoms with E-state index in [4.69, 9.17) is 4.74 Å². The molecule has 7 rings (SSSR count). The minimum atomic E-state index is -6.13. The van der Waals surface area contributed by atoms with Gasteiger partial charge in [-0.2, -0.15) is 132 Å². The second-order valence-corrected chi connectivity index (χ2v) is 17.6. The summed E-state index contributed by atoms with van der Waals surface area (Å²) in [5.41, 5.74) is -26.6. The number of hydrogen-bond acceptors (Lipinski definition) is 2. The van der Waals surface area contributed by atoms with Gasteiger partial charge in [0.25, 0.3) is 0 Å². The number of benzene rings is 6. The van der Waals surface area contributed by atoms with Crippen molar-refractivity contribution in [1.29, 1.82) is 0 Å². The van der Waals surface area contributed by atoms with Gasteiger partial charge in [-0.25, -0.2) is 4.98 Å². The van der Waals surface area contributed by atoms with Crippen molar-refractivity contribution >= 4 is 28.0 Å². The molecule has 0 aliphatic carbocycles. The third kappa shape index (κ3) is 14.1. The SMILES string of the molecule is Cc1cccc(Oc2cncc[n+]2Cc2ccccc2)c1C.FC(F)(F)c1cc([B-](c2cc(C(F)(F)F)cc(C(F)(F)F)c2)(c2cc(C(F)(F)F)cc(C(F)(F)F)c2)c2cc(C(F)(F)F)cc(C(F)(F)F)c2)cc(C(F)(F)F)c1. The zero-order chi connectivity index (χ0) is 59.3. The van der Waals surface area contributed by atoms with Gasteiger partial charge >= 0.3 is 55.3 Å². The third-order valence-corrected chi connectivity index (χ3v) is 12.2. The quantitative estimate of drug-likeness (QED) is 0.0861. The van der Waals surface area contributed by atoms with E-state index in [1.807, 2.05) is 36.5 Å². The molecule has 422 valence electrons. The van der Waals surface area contributed by atoms with Gasteiger partial charge in [0.1, 0.15) is 18.1 Å². The summed E-state index contributed by atoms with van der Waals surface area (Å²) in [6.07, 6.45) is -49.3. The van der Waals surface area contributed by atoms with Crippen molar-refractivity contribution in [2.24, 2.45) is 0 Å². The molecule has 3 nitrogen and oxygen atoms in total. The van der Waals surface area contributed by atoms with E-state index in [9.17, 15) is 105 Å². The van der Waals surface area contributed by atoms with Crippen molar-refractivity contribution in [1.82, 2.24) is 4.98 Å². The molecule has 1 aromatic heterocycles. The first-order chi connectivity index (χ1) is 36.0. The van der Waals surface area contributed by atoms with Gasteiger partial charge in [0.2, 0.25) is 0 Å². The molecular formula is C51H31BF24N2O. The lowest BCUT2D eigenvalue weighted by Gasteiger charge is -2.46. The van der Waals surface area contributed by atoms with Gasteiger partial charge in [0, 0.05) is 5.56 Å². The van der Waals surface area contributed by atoms with Crippen molar-refractivity contribution in [3.05, 3.63) is 201 Å². The number of ether oxygens (including phenoxy) is 1. The van der Waals surface area contributed by atoms with Crippen molar-refractivity contribution in [3.8, 4) is 11.6 Å². The Labute approximate surface area is 429 Å². The second-order valence-electron chi connectivity index (χ2n) is 17.6. The maximum absolute atomic E-state index is 14.2. The Hall–Kier alpha value is -7.42. The van der Waals surface area contributed by atoms with Crippen molar-refractivity contribution < 1.29 is 115 Å². The van der Waals surface area contributed by atoms with Gasteiger partial charge in [0.15, 0.2) is 12.7 Å². The van der Waals surface area contributed by atoms with E-state index in [2.05, 4.69) is 41.6 Å². The summed E-state index contributed by atoms with van der Waals surface area (Å²) in [5.74, 6) is 1.61. The molecule has 0 radical (unpaired) electrons. The fraction of sp³-hybridized carbons (Fsp3) is 0.216. The molecule has 6 aromatic carbocycles. The lowest BCUT2D eigenvalue weighted by atomic mass is 9.12. The van der Waals surface area contributed by atoms with E-state index in [1.54, 1.807) is 12.4 Å². The van der Waals surface area contributed by atoms with Crippen LogP contribution in [-0.4, -0.2) is 11.1 Å². The molecule has 0 amide bonds. The molecule has 79 heavy (non-hydrogen) atoms. The minimum absolute atomic E-state index is 0.691. The summed E-state index contributed by atoms with van der Waals surface area (Å²) in [6.45, 7) is 4.91. The van der Waals surface area contributed by atoms with Gasteiger partial charge in [-0.1, -0.05) is 91.0 Å². The smallest absolute Gasteiger partial charge is 0.404 e. The largest absolute Gasteiger partial charge is 0.416 e. The molecule has 0 bridgehead atoms. The molecule has 0 spiro atoms. The Morgan fingerprint density at radius 3 is 0.987 bits per heavy atom. The topological polar surface area (TPSA) is 26.0 Å². The fourth-order valence-corrected chi connectivity index (χ4v) is 8.39. The number of aryl methyl sites for hydroxylation is 1. The molecule has 0 atom stereocenters.